The lowest BCUT2D eigenvalue weighted by Gasteiger charge is -2.27. The van der Waals surface area contributed by atoms with E-state index in [0.29, 0.717) is 19.6 Å². The predicted molar refractivity (Wildman–Crippen MR) is 108 cm³/mol. The van der Waals surface area contributed by atoms with E-state index in [0.717, 1.165) is 22.6 Å². The molecule has 27 heavy (non-hydrogen) atoms. The maximum absolute atomic E-state index is 12.7. The van der Waals surface area contributed by atoms with E-state index < -0.39 is 15.1 Å². The van der Waals surface area contributed by atoms with Crippen LogP contribution < -0.4 is 9.47 Å². The lowest BCUT2D eigenvalue weighted by Crippen LogP contribution is -2.30. The van der Waals surface area contributed by atoms with Crippen LogP contribution in [0.5, 0.6) is 11.5 Å². The number of ether oxygens (including phenoxy) is 3. The summed E-state index contributed by atoms with van der Waals surface area (Å²) in [6, 6.07) is 15.1. The molecular formula is C21H28O5S. The molecule has 0 radical (unpaired) electrons. The van der Waals surface area contributed by atoms with Crippen LogP contribution in [0.2, 0.25) is 0 Å². The molecule has 0 fully saturated rings. The fraction of sp³-hybridized carbons (Fsp3) is 0.429. The Balaban J connectivity index is 2.50. The van der Waals surface area contributed by atoms with Gasteiger partial charge >= 0.3 is 0 Å². The molecule has 148 valence electrons. The standard InChI is InChI=1S/C21H28O5S/c1-5-26-15-14-20(27(4,22)23)21(16-6-10-18(24-2)11-7-16)17-8-12-19(25-3)13-9-17/h6-13,20-21H,5,14-15H2,1-4H3. The SMILES string of the molecule is CCOCCC(C(c1ccc(OC)cc1)c1ccc(OC)cc1)S(C)(=O)=O. The Morgan fingerprint density at radius 1 is 0.852 bits per heavy atom. The molecule has 2 aromatic rings. The Morgan fingerprint density at radius 3 is 1.63 bits per heavy atom. The second-order valence-corrected chi connectivity index (χ2v) is 8.64. The Morgan fingerprint density at radius 2 is 1.30 bits per heavy atom. The van der Waals surface area contributed by atoms with Crippen LogP contribution in [0.3, 0.4) is 0 Å². The van der Waals surface area contributed by atoms with E-state index >= 15 is 0 Å². The quantitative estimate of drug-likeness (QED) is 0.577. The van der Waals surface area contributed by atoms with E-state index in [1.165, 1.54) is 6.26 Å². The molecule has 6 heteroatoms. The van der Waals surface area contributed by atoms with Crippen molar-refractivity contribution in [3.8, 4) is 11.5 Å². The van der Waals surface area contributed by atoms with Crippen molar-refractivity contribution >= 4 is 9.84 Å². The zero-order chi connectivity index (χ0) is 19.9. The Kier molecular flexibility index (Phi) is 7.68. The first kappa shape index (κ1) is 21.3. The van der Waals surface area contributed by atoms with Crippen LogP contribution in [-0.4, -0.2) is 47.4 Å². The highest BCUT2D eigenvalue weighted by molar-refractivity contribution is 7.91. The number of hydrogen-bond donors (Lipinski definition) is 0. The van der Waals surface area contributed by atoms with E-state index in [1.54, 1.807) is 14.2 Å². The van der Waals surface area contributed by atoms with Crippen molar-refractivity contribution in [2.24, 2.45) is 0 Å². The van der Waals surface area contributed by atoms with E-state index in [2.05, 4.69) is 0 Å². The molecule has 1 atom stereocenters. The van der Waals surface area contributed by atoms with Gasteiger partial charge in [-0.05, 0) is 48.7 Å². The predicted octanol–water partition coefficient (Wildman–Crippen LogP) is 3.68. The summed E-state index contributed by atoms with van der Waals surface area (Å²) in [6.07, 6.45) is 1.72. The first-order valence-electron chi connectivity index (χ1n) is 8.95. The monoisotopic (exact) mass is 392 g/mol. The fourth-order valence-electron chi connectivity index (χ4n) is 3.22. The molecule has 0 saturated heterocycles. The van der Waals surface area contributed by atoms with Gasteiger partial charge in [-0.2, -0.15) is 0 Å². The Bertz CT molecular complexity index is 750. The van der Waals surface area contributed by atoms with Gasteiger partial charge in [0, 0.05) is 25.4 Å². The molecule has 0 aliphatic rings. The number of methoxy groups -OCH3 is 2. The highest BCUT2D eigenvalue weighted by atomic mass is 32.2. The van der Waals surface area contributed by atoms with Crippen LogP contribution in [0.4, 0.5) is 0 Å². The average molecular weight is 393 g/mol. The summed E-state index contributed by atoms with van der Waals surface area (Å²) in [5.74, 6) is 1.16. The highest BCUT2D eigenvalue weighted by Gasteiger charge is 2.32. The molecule has 0 heterocycles. The summed E-state index contributed by atoms with van der Waals surface area (Å²) >= 11 is 0. The normalized spacial score (nSPS) is 12.8. The van der Waals surface area contributed by atoms with E-state index in [9.17, 15) is 8.42 Å². The summed E-state index contributed by atoms with van der Waals surface area (Å²) in [4.78, 5) is 0. The van der Waals surface area contributed by atoms with Gasteiger partial charge in [-0.25, -0.2) is 8.42 Å². The van der Waals surface area contributed by atoms with E-state index in [-0.39, 0.29) is 5.92 Å². The Labute approximate surface area is 162 Å². The van der Waals surface area contributed by atoms with Crippen molar-refractivity contribution < 1.29 is 22.6 Å². The van der Waals surface area contributed by atoms with Crippen molar-refractivity contribution in [2.75, 3.05) is 33.7 Å². The second-order valence-electron chi connectivity index (χ2n) is 6.38. The highest BCUT2D eigenvalue weighted by Crippen LogP contribution is 2.35. The van der Waals surface area contributed by atoms with Crippen molar-refractivity contribution in [1.29, 1.82) is 0 Å². The summed E-state index contributed by atoms with van der Waals surface area (Å²) < 4.78 is 41.2. The molecule has 0 amide bonds. The third-order valence-corrected chi connectivity index (χ3v) is 6.23. The number of sulfone groups is 1. The summed E-state index contributed by atoms with van der Waals surface area (Å²) in [5, 5.41) is -0.592. The number of hydrogen-bond acceptors (Lipinski definition) is 5. The van der Waals surface area contributed by atoms with Gasteiger partial charge in [-0.15, -0.1) is 0 Å². The number of benzene rings is 2. The van der Waals surface area contributed by atoms with Crippen molar-refractivity contribution in [3.63, 3.8) is 0 Å². The van der Waals surface area contributed by atoms with Crippen molar-refractivity contribution in [3.05, 3.63) is 59.7 Å². The van der Waals surface area contributed by atoms with Gasteiger partial charge in [-0.3, -0.25) is 0 Å². The van der Waals surface area contributed by atoms with Crippen LogP contribution in [-0.2, 0) is 14.6 Å². The lowest BCUT2D eigenvalue weighted by atomic mass is 9.87. The minimum absolute atomic E-state index is 0.308. The molecule has 0 bridgehead atoms. The smallest absolute Gasteiger partial charge is 0.151 e. The maximum atomic E-state index is 12.7. The van der Waals surface area contributed by atoms with Crippen LogP contribution in [0, 0.1) is 0 Å². The molecule has 0 aliphatic heterocycles. The molecule has 0 spiro atoms. The van der Waals surface area contributed by atoms with Crippen LogP contribution >= 0.6 is 0 Å². The minimum Gasteiger partial charge on any atom is -0.497 e. The van der Waals surface area contributed by atoms with Gasteiger partial charge in [0.05, 0.1) is 19.5 Å². The molecule has 0 aromatic heterocycles. The summed E-state index contributed by atoms with van der Waals surface area (Å²) in [7, 11) is -0.0978. The summed E-state index contributed by atoms with van der Waals surface area (Å²) in [6.45, 7) is 2.86. The van der Waals surface area contributed by atoms with Gasteiger partial charge in [0.25, 0.3) is 0 Å². The van der Waals surface area contributed by atoms with Crippen LogP contribution in [0.15, 0.2) is 48.5 Å². The maximum Gasteiger partial charge on any atom is 0.151 e. The van der Waals surface area contributed by atoms with Crippen molar-refractivity contribution in [2.45, 2.75) is 24.5 Å². The summed E-state index contributed by atoms with van der Waals surface area (Å²) in [5.41, 5.74) is 1.85. The van der Waals surface area contributed by atoms with Gasteiger partial charge < -0.3 is 14.2 Å². The second kappa shape index (κ2) is 9.76. The third-order valence-electron chi connectivity index (χ3n) is 4.62. The van der Waals surface area contributed by atoms with Gasteiger partial charge in [0.2, 0.25) is 0 Å². The number of rotatable bonds is 10. The average Bonchev–Trinajstić information content (AvgIpc) is 2.67. The molecular weight excluding hydrogens is 364 g/mol. The molecule has 1 unspecified atom stereocenters. The molecule has 0 N–H and O–H groups in total. The van der Waals surface area contributed by atoms with E-state index in [1.807, 2.05) is 55.5 Å². The molecule has 0 aliphatic carbocycles. The molecule has 2 rings (SSSR count). The fourth-order valence-corrected chi connectivity index (χ4v) is 4.55. The molecule has 2 aromatic carbocycles. The van der Waals surface area contributed by atoms with Gasteiger partial charge in [-0.1, -0.05) is 24.3 Å². The van der Waals surface area contributed by atoms with Gasteiger partial charge in [0.1, 0.15) is 11.5 Å². The topological polar surface area (TPSA) is 61.8 Å². The minimum atomic E-state index is -3.31. The Hall–Kier alpha value is -2.05. The zero-order valence-electron chi connectivity index (χ0n) is 16.3. The zero-order valence-corrected chi connectivity index (χ0v) is 17.2. The van der Waals surface area contributed by atoms with Crippen LogP contribution in [0.1, 0.15) is 30.4 Å². The van der Waals surface area contributed by atoms with Gasteiger partial charge in [0.15, 0.2) is 9.84 Å². The van der Waals surface area contributed by atoms with Crippen molar-refractivity contribution in [1.82, 2.24) is 0 Å². The lowest BCUT2D eigenvalue weighted by molar-refractivity contribution is 0.143. The largest absolute Gasteiger partial charge is 0.497 e. The first-order valence-corrected chi connectivity index (χ1v) is 10.9. The first-order chi connectivity index (χ1) is 12.9. The third kappa shape index (κ3) is 5.71. The van der Waals surface area contributed by atoms with E-state index in [4.69, 9.17) is 14.2 Å². The van der Waals surface area contributed by atoms with Crippen LogP contribution in [0.25, 0.3) is 0 Å². The molecule has 5 nitrogen and oxygen atoms in total. The molecule has 0 saturated carbocycles.